The molecule has 0 radical (unpaired) electrons. The van der Waals surface area contributed by atoms with Gasteiger partial charge in [-0.05, 0) is 31.0 Å². The van der Waals surface area contributed by atoms with Crippen molar-refractivity contribution in [2.45, 2.75) is 26.3 Å². The fourth-order valence-corrected chi connectivity index (χ4v) is 2.53. The van der Waals surface area contributed by atoms with Gasteiger partial charge in [0.25, 0.3) is 5.91 Å². The Hall–Kier alpha value is -1.66. The fourth-order valence-electron chi connectivity index (χ4n) is 2.17. The minimum Gasteiger partial charge on any atom is -0.345 e. The second-order valence-corrected chi connectivity index (χ2v) is 6.88. The lowest BCUT2D eigenvalue weighted by Crippen LogP contribution is -2.55. The van der Waals surface area contributed by atoms with Crippen LogP contribution in [0.3, 0.4) is 0 Å². The molecule has 0 aliphatic carbocycles. The molecule has 0 aliphatic heterocycles. The van der Waals surface area contributed by atoms with E-state index in [4.69, 9.17) is 5.73 Å². The number of benzene rings is 1. The summed E-state index contributed by atoms with van der Waals surface area (Å²) in [6.45, 7) is 6.22. The van der Waals surface area contributed by atoms with Crippen LogP contribution in [0.2, 0.25) is 0 Å². The topological polar surface area (TPSA) is 88.0 Å². The zero-order valence-electron chi connectivity index (χ0n) is 12.9. The molecule has 0 saturated carbocycles. The molecule has 22 heavy (non-hydrogen) atoms. The number of fused-ring (bicyclic) bond motifs is 1. The Morgan fingerprint density at radius 1 is 1.41 bits per heavy atom. The molecular formula is C16H20BrN3O2. The number of aromatic nitrogens is 1. The molecule has 118 valence electrons. The number of nitrogens with one attached hydrogen (secondary N) is 2. The van der Waals surface area contributed by atoms with E-state index in [0.717, 1.165) is 4.47 Å². The summed E-state index contributed by atoms with van der Waals surface area (Å²) in [7, 11) is 0. The SMILES string of the molecule is CC(C)C(C)(CN)NC(=O)c1cc(=O)[nH]c2ccc(Br)cc12. The summed E-state index contributed by atoms with van der Waals surface area (Å²) in [5, 5.41) is 3.66. The van der Waals surface area contributed by atoms with Crippen LogP contribution in [0.4, 0.5) is 0 Å². The maximum atomic E-state index is 12.7. The summed E-state index contributed by atoms with van der Waals surface area (Å²) in [6.07, 6.45) is 0. The van der Waals surface area contributed by atoms with Gasteiger partial charge in [-0.2, -0.15) is 0 Å². The van der Waals surface area contributed by atoms with Crippen molar-refractivity contribution in [1.29, 1.82) is 0 Å². The number of amides is 1. The third kappa shape index (κ3) is 3.23. The van der Waals surface area contributed by atoms with Crippen molar-refractivity contribution >= 4 is 32.7 Å². The van der Waals surface area contributed by atoms with Crippen LogP contribution in [0.15, 0.2) is 33.5 Å². The first kappa shape index (κ1) is 16.7. The summed E-state index contributed by atoms with van der Waals surface area (Å²) in [5.41, 5.74) is 5.95. The highest BCUT2D eigenvalue weighted by atomic mass is 79.9. The van der Waals surface area contributed by atoms with E-state index in [0.29, 0.717) is 23.0 Å². The van der Waals surface area contributed by atoms with Gasteiger partial charge in [-0.1, -0.05) is 29.8 Å². The molecule has 4 N–H and O–H groups in total. The van der Waals surface area contributed by atoms with E-state index in [1.54, 1.807) is 6.07 Å². The van der Waals surface area contributed by atoms with Gasteiger partial charge >= 0.3 is 0 Å². The minimum absolute atomic E-state index is 0.168. The van der Waals surface area contributed by atoms with Crippen molar-refractivity contribution in [3.05, 3.63) is 44.7 Å². The average Bonchev–Trinajstić information content (AvgIpc) is 2.46. The predicted octanol–water partition coefficient (Wildman–Crippen LogP) is 2.39. The highest BCUT2D eigenvalue weighted by molar-refractivity contribution is 9.10. The minimum atomic E-state index is -0.530. The molecule has 2 aromatic rings. The molecule has 0 bridgehead atoms. The Morgan fingerprint density at radius 2 is 2.09 bits per heavy atom. The molecule has 0 saturated heterocycles. The van der Waals surface area contributed by atoms with Crippen molar-refractivity contribution in [1.82, 2.24) is 10.3 Å². The van der Waals surface area contributed by atoms with E-state index in [-0.39, 0.29) is 17.4 Å². The molecule has 1 unspecified atom stereocenters. The number of halogens is 1. The van der Waals surface area contributed by atoms with Crippen molar-refractivity contribution in [3.8, 4) is 0 Å². The second kappa shape index (κ2) is 6.22. The largest absolute Gasteiger partial charge is 0.345 e. The average molecular weight is 366 g/mol. The summed E-state index contributed by atoms with van der Waals surface area (Å²) in [6, 6.07) is 6.72. The monoisotopic (exact) mass is 365 g/mol. The molecule has 1 aromatic carbocycles. The molecule has 1 atom stereocenters. The highest BCUT2D eigenvalue weighted by Crippen LogP contribution is 2.22. The molecule has 5 nitrogen and oxygen atoms in total. The summed E-state index contributed by atoms with van der Waals surface area (Å²) >= 11 is 3.39. The Kier molecular flexibility index (Phi) is 4.72. The first-order chi connectivity index (χ1) is 10.3. The van der Waals surface area contributed by atoms with Crippen LogP contribution >= 0.6 is 15.9 Å². The van der Waals surface area contributed by atoms with Crippen molar-refractivity contribution in [2.24, 2.45) is 11.7 Å². The Labute approximate surface area is 137 Å². The van der Waals surface area contributed by atoms with Crippen LogP contribution in [0, 0.1) is 5.92 Å². The number of hydrogen-bond donors (Lipinski definition) is 3. The molecule has 0 spiro atoms. The van der Waals surface area contributed by atoms with Crippen molar-refractivity contribution in [3.63, 3.8) is 0 Å². The van der Waals surface area contributed by atoms with Gasteiger partial charge < -0.3 is 16.0 Å². The van der Waals surface area contributed by atoms with Crippen LogP contribution in [0.1, 0.15) is 31.1 Å². The Balaban J connectivity index is 2.52. The van der Waals surface area contributed by atoms with Gasteiger partial charge in [0.15, 0.2) is 0 Å². The number of hydrogen-bond acceptors (Lipinski definition) is 3. The molecular weight excluding hydrogens is 346 g/mol. The molecule has 2 rings (SSSR count). The van der Waals surface area contributed by atoms with E-state index in [2.05, 4.69) is 26.2 Å². The molecule has 1 amide bonds. The van der Waals surface area contributed by atoms with E-state index >= 15 is 0 Å². The zero-order valence-corrected chi connectivity index (χ0v) is 14.5. The zero-order chi connectivity index (χ0) is 16.5. The smallest absolute Gasteiger partial charge is 0.252 e. The van der Waals surface area contributed by atoms with Gasteiger partial charge in [0.2, 0.25) is 5.56 Å². The van der Waals surface area contributed by atoms with Crippen molar-refractivity contribution in [2.75, 3.05) is 6.54 Å². The van der Waals surface area contributed by atoms with Crippen LogP contribution in [0.5, 0.6) is 0 Å². The van der Waals surface area contributed by atoms with Gasteiger partial charge in [-0.15, -0.1) is 0 Å². The van der Waals surface area contributed by atoms with E-state index in [1.165, 1.54) is 6.07 Å². The number of carbonyl (C=O) groups excluding carboxylic acids is 1. The number of rotatable bonds is 4. The van der Waals surface area contributed by atoms with E-state index in [1.807, 2.05) is 32.9 Å². The quantitative estimate of drug-likeness (QED) is 0.777. The van der Waals surface area contributed by atoms with E-state index in [9.17, 15) is 9.59 Å². The van der Waals surface area contributed by atoms with Crippen LogP contribution in [-0.4, -0.2) is 23.0 Å². The molecule has 0 aliphatic rings. The maximum absolute atomic E-state index is 12.7. The Morgan fingerprint density at radius 3 is 2.68 bits per heavy atom. The van der Waals surface area contributed by atoms with E-state index < -0.39 is 5.54 Å². The predicted molar refractivity (Wildman–Crippen MR) is 92.0 cm³/mol. The normalized spacial score (nSPS) is 14.1. The standard InChI is InChI=1S/C16H20BrN3O2/c1-9(2)16(3,8-18)20-15(22)12-7-14(21)19-13-5-4-10(17)6-11(12)13/h4-7,9H,8,18H2,1-3H3,(H,19,21)(H,20,22). The van der Waals surface area contributed by atoms with Gasteiger partial charge in [0.05, 0.1) is 11.1 Å². The van der Waals surface area contributed by atoms with Gasteiger partial charge in [-0.3, -0.25) is 9.59 Å². The van der Waals surface area contributed by atoms with Gasteiger partial charge in [0.1, 0.15) is 0 Å². The summed E-state index contributed by atoms with van der Waals surface area (Å²) < 4.78 is 0.839. The lowest BCUT2D eigenvalue weighted by Gasteiger charge is -2.33. The first-order valence-electron chi connectivity index (χ1n) is 7.12. The number of pyridine rings is 1. The molecule has 1 aromatic heterocycles. The summed E-state index contributed by atoms with van der Waals surface area (Å²) in [5.74, 6) is -0.128. The summed E-state index contributed by atoms with van der Waals surface area (Å²) in [4.78, 5) is 27.2. The lowest BCUT2D eigenvalue weighted by molar-refractivity contribution is 0.0885. The number of H-pyrrole nitrogens is 1. The third-order valence-electron chi connectivity index (χ3n) is 4.15. The van der Waals surface area contributed by atoms with Gasteiger partial charge in [0, 0.05) is 28.0 Å². The van der Waals surface area contributed by atoms with Crippen molar-refractivity contribution < 1.29 is 4.79 Å². The lowest BCUT2D eigenvalue weighted by atomic mass is 9.88. The fraction of sp³-hybridized carbons (Fsp3) is 0.375. The van der Waals surface area contributed by atoms with Crippen LogP contribution in [-0.2, 0) is 0 Å². The molecule has 0 fully saturated rings. The van der Waals surface area contributed by atoms with Crippen LogP contribution in [0.25, 0.3) is 10.9 Å². The number of nitrogens with two attached hydrogens (primary N) is 1. The first-order valence-corrected chi connectivity index (χ1v) is 7.91. The molecule has 6 heteroatoms. The third-order valence-corrected chi connectivity index (χ3v) is 4.64. The second-order valence-electron chi connectivity index (χ2n) is 5.97. The highest BCUT2D eigenvalue weighted by Gasteiger charge is 2.29. The van der Waals surface area contributed by atoms with Gasteiger partial charge in [-0.25, -0.2) is 0 Å². The maximum Gasteiger partial charge on any atom is 0.252 e. The Bertz CT molecular complexity index is 770. The number of aromatic amines is 1. The number of carbonyl (C=O) groups is 1. The van der Waals surface area contributed by atoms with Crippen LogP contribution < -0.4 is 16.6 Å². The molecule has 1 heterocycles.